The standard InChI is InChI=1S/C17H27N3O2/c1-5-7-8-11-20(3)17(18-6-2)19-13-14-9-10-16(22-4)15(21)12-14/h5,9-10,12,21H,1,6-8,11,13H2,2-4H3,(H,18,19). The van der Waals surface area contributed by atoms with Gasteiger partial charge in [0.05, 0.1) is 13.7 Å². The molecule has 0 heterocycles. The van der Waals surface area contributed by atoms with Crippen LogP contribution in [-0.4, -0.2) is 43.2 Å². The molecule has 0 bridgehead atoms. The summed E-state index contributed by atoms with van der Waals surface area (Å²) in [6.07, 6.45) is 3.97. The lowest BCUT2D eigenvalue weighted by molar-refractivity contribution is 0.373. The van der Waals surface area contributed by atoms with E-state index < -0.39 is 0 Å². The molecule has 0 aliphatic rings. The smallest absolute Gasteiger partial charge is 0.193 e. The van der Waals surface area contributed by atoms with Crippen molar-refractivity contribution in [3.8, 4) is 11.5 Å². The highest BCUT2D eigenvalue weighted by atomic mass is 16.5. The summed E-state index contributed by atoms with van der Waals surface area (Å²) >= 11 is 0. The van der Waals surface area contributed by atoms with E-state index in [1.54, 1.807) is 12.1 Å². The SMILES string of the molecule is C=CCCCN(C)C(=NCc1ccc(OC)c(O)c1)NCC. The topological polar surface area (TPSA) is 57.1 Å². The third-order valence-corrected chi connectivity index (χ3v) is 3.25. The summed E-state index contributed by atoms with van der Waals surface area (Å²) in [6.45, 7) is 8.03. The minimum Gasteiger partial charge on any atom is -0.504 e. The van der Waals surface area contributed by atoms with Gasteiger partial charge in [-0.05, 0) is 37.5 Å². The van der Waals surface area contributed by atoms with Crippen molar-refractivity contribution in [2.75, 3.05) is 27.2 Å². The van der Waals surface area contributed by atoms with Gasteiger partial charge in [-0.15, -0.1) is 6.58 Å². The first-order chi connectivity index (χ1) is 10.6. The van der Waals surface area contributed by atoms with E-state index in [0.717, 1.165) is 37.5 Å². The quantitative estimate of drug-likeness (QED) is 0.336. The Hall–Kier alpha value is -2.17. The second-order valence-corrected chi connectivity index (χ2v) is 5.03. The number of benzene rings is 1. The lowest BCUT2D eigenvalue weighted by Gasteiger charge is -2.21. The van der Waals surface area contributed by atoms with E-state index >= 15 is 0 Å². The first-order valence-electron chi connectivity index (χ1n) is 7.58. The van der Waals surface area contributed by atoms with Crippen molar-refractivity contribution in [1.82, 2.24) is 10.2 Å². The maximum Gasteiger partial charge on any atom is 0.193 e. The molecule has 0 spiro atoms. The molecule has 5 heteroatoms. The van der Waals surface area contributed by atoms with Gasteiger partial charge in [-0.2, -0.15) is 0 Å². The monoisotopic (exact) mass is 305 g/mol. The van der Waals surface area contributed by atoms with Crippen LogP contribution >= 0.6 is 0 Å². The van der Waals surface area contributed by atoms with Crippen LogP contribution in [0.2, 0.25) is 0 Å². The second kappa shape index (κ2) is 9.71. The lowest BCUT2D eigenvalue weighted by Crippen LogP contribution is -2.39. The highest BCUT2D eigenvalue weighted by Crippen LogP contribution is 2.26. The zero-order valence-corrected chi connectivity index (χ0v) is 13.8. The Morgan fingerprint density at radius 2 is 2.27 bits per heavy atom. The molecule has 0 aliphatic carbocycles. The van der Waals surface area contributed by atoms with Crippen molar-refractivity contribution in [2.45, 2.75) is 26.3 Å². The third kappa shape index (κ3) is 5.68. The zero-order chi connectivity index (χ0) is 16.4. The van der Waals surface area contributed by atoms with E-state index in [-0.39, 0.29) is 5.75 Å². The van der Waals surface area contributed by atoms with Gasteiger partial charge >= 0.3 is 0 Å². The molecule has 1 rings (SSSR count). The van der Waals surface area contributed by atoms with E-state index in [4.69, 9.17) is 4.74 Å². The molecule has 0 atom stereocenters. The van der Waals surface area contributed by atoms with Gasteiger partial charge in [0.15, 0.2) is 17.5 Å². The number of ether oxygens (including phenoxy) is 1. The van der Waals surface area contributed by atoms with Crippen LogP contribution in [0.15, 0.2) is 35.8 Å². The predicted octanol–water partition coefficient (Wildman–Crippen LogP) is 2.76. The number of unbranched alkanes of at least 4 members (excludes halogenated alkanes) is 1. The molecule has 122 valence electrons. The number of hydrogen-bond donors (Lipinski definition) is 2. The number of rotatable bonds is 8. The largest absolute Gasteiger partial charge is 0.504 e. The number of aromatic hydroxyl groups is 1. The van der Waals surface area contributed by atoms with E-state index in [0.29, 0.717) is 12.3 Å². The first-order valence-corrected chi connectivity index (χ1v) is 7.58. The fraction of sp³-hybridized carbons (Fsp3) is 0.471. The van der Waals surface area contributed by atoms with Crippen LogP contribution in [-0.2, 0) is 6.54 Å². The molecule has 0 amide bonds. The number of nitrogens with one attached hydrogen (secondary N) is 1. The summed E-state index contributed by atoms with van der Waals surface area (Å²) in [5, 5.41) is 13.1. The van der Waals surface area contributed by atoms with Crippen LogP contribution in [0.3, 0.4) is 0 Å². The van der Waals surface area contributed by atoms with Gasteiger partial charge in [0.2, 0.25) is 0 Å². The maximum absolute atomic E-state index is 9.80. The Labute approximate surface area is 133 Å². The highest BCUT2D eigenvalue weighted by molar-refractivity contribution is 5.79. The van der Waals surface area contributed by atoms with Gasteiger partial charge in [0, 0.05) is 20.1 Å². The van der Waals surface area contributed by atoms with Gasteiger partial charge in [0.25, 0.3) is 0 Å². The minimum absolute atomic E-state index is 0.138. The molecule has 0 radical (unpaired) electrons. The van der Waals surface area contributed by atoms with E-state index in [2.05, 4.69) is 21.8 Å². The van der Waals surface area contributed by atoms with Crippen LogP contribution < -0.4 is 10.1 Å². The normalized spacial score (nSPS) is 11.1. The molecule has 0 saturated heterocycles. The molecule has 2 N–H and O–H groups in total. The summed E-state index contributed by atoms with van der Waals surface area (Å²) in [7, 11) is 3.56. The maximum atomic E-state index is 9.80. The Morgan fingerprint density at radius 3 is 2.86 bits per heavy atom. The minimum atomic E-state index is 0.138. The number of aliphatic imine (C=N–C) groups is 1. The molecule has 1 aromatic carbocycles. The fourth-order valence-electron chi connectivity index (χ4n) is 2.05. The predicted molar refractivity (Wildman–Crippen MR) is 91.5 cm³/mol. The number of phenolic OH excluding ortho intramolecular Hbond substituents is 1. The molecule has 5 nitrogen and oxygen atoms in total. The molecule has 0 unspecified atom stereocenters. The first kappa shape index (κ1) is 17.9. The Balaban J connectivity index is 2.72. The van der Waals surface area contributed by atoms with Crippen LogP contribution in [0.1, 0.15) is 25.3 Å². The second-order valence-electron chi connectivity index (χ2n) is 5.03. The zero-order valence-electron chi connectivity index (χ0n) is 13.8. The Morgan fingerprint density at radius 1 is 1.50 bits per heavy atom. The van der Waals surface area contributed by atoms with E-state index in [1.807, 2.05) is 26.1 Å². The summed E-state index contributed by atoms with van der Waals surface area (Å²) in [5.41, 5.74) is 0.938. The average molecular weight is 305 g/mol. The highest BCUT2D eigenvalue weighted by Gasteiger charge is 2.06. The van der Waals surface area contributed by atoms with Gasteiger partial charge in [-0.25, -0.2) is 4.99 Å². The van der Waals surface area contributed by atoms with E-state index in [1.165, 1.54) is 7.11 Å². The number of hydrogen-bond acceptors (Lipinski definition) is 3. The molecule has 0 saturated carbocycles. The van der Waals surface area contributed by atoms with Crippen LogP contribution in [0, 0.1) is 0 Å². The average Bonchev–Trinajstić information content (AvgIpc) is 2.51. The van der Waals surface area contributed by atoms with Gasteiger partial charge in [0.1, 0.15) is 0 Å². The molecule has 0 aromatic heterocycles. The van der Waals surface area contributed by atoms with Crippen molar-refractivity contribution in [1.29, 1.82) is 0 Å². The Bertz CT molecular complexity index is 501. The van der Waals surface area contributed by atoms with Crippen molar-refractivity contribution in [2.24, 2.45) is 4.99 Å². The third-order valence-electron chi connectivity index (χ3n) is 3.25. The van der Waals surface area contributed by atoms with Gasteiger partial charge in [-0.1, -0.05) is 12.1 Å². The summed E-state index contributed by atoms with van der Waals surface area (Å²) in [6, 6.07) is 5.34. The summed E-state index contributed by atoms with van der Waals surface area (Å²) in [5.74, 6) is 1.47. The Kier molecular flexibility index (Phi) is 7.89. The van der Waals surface area contributed by atoms with Crippen molar-refractivity contribution < 1.29 is 9.84 Å². The van der Waals surface area contributed by atoms with Crippen molar-refractivity contribution in [3.05, 3.63) is 36.4 Å². The lowest BCUT2D eigenvalue weighted by atomic mass is 10.2. The van der Waals surface area contributed by atoms with Crippen LogP contribution in [0.4, 0.5) is 0 Å². The molecule has 0 fully saturated rings. The van der Waals surface area contributed by atoms with Crippen LogP contribution in [0.5, 0.6) is 11.5 Å². The molecule has 1 aromatic rings. The number of phenols is 1. The number of allylic oxidation sites excluding steroid dienone is 1. The molecule has 22 heavy (non-hydrogen) atoms. The van der Waals surface area contributed by atoms with Gasteiger partial charge in [-0.3, -0.25) is 0 Å². The van der Waals surface area contributed by atoms with E-state index in [9.17, 15) is 5.11 Å². The molecule has 0 aliphatic heterocycles. The number of guanidine groups is 1. The van der Waals surface area contributed by atoms with Gasteiger partial charge < -0.3 is 20.1 Å². The van der Waals surface area contributed by atoms with Crippen molar-refractivity contribution in [3.63, 3.8) is 0 Å². The van der Waals surface area contributed by atoms with Crippen molar-refractivity contribution >= 4 is 5.96 Å². The number of methoxy groups -OCH3 is 1. The van der Waals surface area contributed by atoms with Crippen LogP contribution in [0.25, 0.3) is 0 Å². The molecular weight excluding hydrogens is 278 g/mol. The number of nitrogens with zero attached hydrogens (tertiary/aromatic N) is 2. The summed E-state index contributed by atoms with van der Waals surface area (Å²) < 4.78 is 5.04. The fourth-order valence-corrected chi connectivity index (χ4v) is 2.05. The molecular formula is C17H27N3O2. The summed E-state index contributed by atoms with van der Waals surface area (Å²) in [4.78, 5) is 6.72.